The number of nitrogens with zero attached hydrogens (tertiary/aromatic N) is 2. The first-order valence-corrected chi connectivity index (χ1v) is 5.70. The zero-order chi connectivity index (χ0) is 12.7. The van der Waals surface area contributed by atoms with Crippen molar-refractivity contribution in [3.8, 4) is 0 Å². The number of hydrogen-bond donors (Lipinski definition) is 2. The Morgan fingerprint density at radius 1 is 1.44 bits per heavy atom. The molecule has 18 heavy (non-hydrogen) atoms. The van der Waals surface area contributed by atoms with Gasteiger partial charge in [-0.2, -0.15) is 0 Å². The van der Waals surface area contributed by atoms with E-state index in [1.807, 2.05) is 0 Å². The maximum atomic E-state index is 11.8. The van der Waals surface area contributed by atoms with Gasteiger partial charge in [-0.05, 0) is 31.4 Å². The number of carbonyl (C=O) groups is 1. The molecule has 0 amide bonds. The Labute approximate surface area is 102 Å². The van der Waals surface area contributed by atoms with Gasteiger partial charge in [0.1, 0.15) is 5.52 Å². The Kier molecular flexibility index (Phi) is 2.29. The molecule has 0 fully saturated rings. The highest BCUT2D eigenvalue weighted by molar-refractivity contribution is 5.96. The van der Waals surface area contributed by atoms with Gasteiger partial charge in [0.25, 0.3) is 5.56 Å². The van der Waals surface area contributed by atoms with Gasteiger partial charge in [0, 0.05) is 17.3 Å². The number of H-pyrrole nitrogens is 1. The molecule has 0 atom stereocenters. The van der Waals surface area contributed by atoms with Crippen LogP contribution in [-0.2, 0) is 4.79 Å². The molecule has 2 aromatic heterocycles. The fourth-order valence-corrected chi connectivity index (χ4v) is 2.32. The molecule has 6 heteroatoms. The summed E-state index contributed by atoms with van der Waals surface area (Å²) in [5, 5.41) is 13.4. The number of nitrogens with one attached hydrogen (secondary N) is 1. The summed E-state index contributed by atoms with van der Waals surface area (Å²) >= 11 is 0. The summed E-state index contributed by atoms with van der Waals surface area (Å²) in [6.07, 6.45) is 3.61. The molecule has 2 N–H and O–H groups in total. The van der Waals surface area contributed by atoms with E-state index in [4.69, 9.17) is 5.11 Å². The van der Waals surface area contributed by atoms with Crippen molar-refractivity contribution in [2.75, 3.05) is 0 Å². The Bertz CT molecular complexity index is 723. The van der Waals surface area contributed by atoms with Crippen LogP contribution in [0.2, 0.25) is 0 Å². The highest BCUT2D eigenvalue weighted by Crippen LogP contribution is 2.31. The van der Waals surface area contributed by atoms with Crippen molar-refractivity contribution in [2.24, 2.45) is 0 Å². The normalized spacial score (nSPS) is 15.6. The number of carboxylic acid groups (broad SMARTS) is 1. The van der Waals surface area contributed by atoms with E-state index in [2.05, 4.69) is 10.1 Å². The van der Waals surface area contributed by atoms with Crippen LogP contribution < -0.4 is 5.56 Å². The van der Waals surface area contributed by atoms with Gasteiger partial charge in [-0.3, -0.25) is 4.79 Å². The average molecular weight is 245 g/mol. The second-order valence-corrected chi connectivity index (χ2v) is 4.26. The molecule has 1 aliphatic carbocycles. The Hall–Kier alpha value is -2.37. The predicted molar refractivity (Wildman–Crippen MR) is 64.2 cm³/mol. The quantitative estimate of drug-likeness (QED) is 0.827. The smallest absolute Gasteiger partial charge is 0.331 e. The predicted octanol–water partition coefficient (Wildman–Crippen LogP) is 1.04. The maximum absolute atomic E-state index is 11.8. The van der Waals surface area contributed by atoms with E-state index in [9.17, 15) is 9.59 Å². The van der Waals surface area contributed by atoms with E-state index < -0.39 is 5.97 Å². The van der Waals surface area contributed by atoms with Crippen LogP contribution >= 0.6 is 0 Å². The minimum absolute atomic E-state index is 0.255. The van der Waals surface area contributed by atoms with Crippen LogP contribution in [0.1, 0.15) is 25.1 Å². The van der Waals surface area contributed by atoms with Crippen LogP contribution in [-0.4, -0.2) is 25.7 Å². The van der Waals surface area contributed by atoms with Gasteiger partial charge in [-0.15, -0.1) is 5.10 Å². The molecule has 0 spiro atoms. The van der Waals surface area contributed by atoms with Crippen molar-refractivity contribution in [1.82, 2.24) is 14.6 Å². The first-order valence-electron chi connectivity index (χ1n) is 5.70. The molecule has 3 rings (SSSR count). The Morgan fingerprint density at radius 2 is 2.28 bits per heavy atom. The summed E-state index contributed by atoms with van der Waals surface area (Å²) in [4.78, 5) is 25.6. The molecule has 0 saturated carbocycles. The van der Waals surface area contributed by atoms with Crippen molar-refractivity contribution in [1.29, 1.82) is 0 Å². The van der Waals surface area contributed by atoms with E-state index in [1.54, 1.807) is 18.3 Å². The molecule has 2 heterocycles. The van der Waals surface area contributed by atoms with Gasteiger partial charge in [0.15, 0.2) is 5.82 Å². The van der Waals surface area contributed by atoms with E-state index in [0.29, 0.717) is 35.3 Å². The van der Waals surface area contributed by atoms with Crippen molar-refractivity contribution >= 4 is 17.1 Å². The summed E-state index contributed by atoms with van der Waals surface area (Å²) in [6, 6.07) is 3.39. The Morgan fingerprint density at radius 3 is 3.06 bits per heavy atom. The van der Waals surface area contributed by atoms with Crippen LogP contribution in [0.25, 0.3) is 11.1 Å². The minimum Gasteiger partial charge on any atom is -0.478 e. The number of aliphatic carboxylic acids is 1. The van der Waals surface area contributed by atoms with E-state index >= 15 is 0 Å². The number of rotatable bonds is 2. The molecule has 0 aromatic carbocycles. The maximum Gasteiger partial charge on any atom is 0.331 e. The highest BCUT2D eigenvalue weighted by Gasteiger charge is 2.23. The fourth-order valence-electron chi connectivity index (χ4n) is 2.32. The van der Waals surface area contributed by atoms with Crippen molar-refractivity contribution < 1.29 is 9.90 Å². The summed E-state index contributed by atoms with van der Waals surface area (Å²) in [5.41, 5.74) is 1.18. The van der Waals surface area contributed by atoms with E-state index in [1.165, 1.54) is 4.52 Å². The summed E-state index contributed by atoms with van der Waals surface area (Å²) in [6.45, 7) is 0. The van der Waals surface area contributed by atoms with Crippen LogP contribution in [0.4, 0.5) is 0 Å². The number of allylic oxidation sites excluding steroid dienone is 1. The molecule has 2 aromatic rings. The first-order chi connectivity index (χ1) is 8.66. The topological polar surface area (TPSA) is 87.5 Å². The van der Waals surface area contributed by atoms with Gasteiger partial charge in [0.05, 0.1) is 0 Å². The molecule has 0 unspecified atom stereocenters. The van der Waals surface area contributed by atoms with Crippen LogP contribution in [0.5, 0.6) is 0 Å². The van der Waals surface area contributed by atoms with Crippen molar-refractivity contribution in [2.45, 2.75) is 19.3 Å². The molecule has 92 valence electrons. The fraction of sp³-hybridized carbons (Fsp3) is 0.250. The second kappa shape index (κ2) is 3.83. The van der Waals surface area contributed by atoms with Gasteiger partial charge in [-0.1, -0.05) is 0 Å². The van der Waals surface area contributed by atoms with Crippen molar-refractivity contribution in [3.63, 3.8) is 0 Å². The summed E-state index contributed by atoms with van der Waals surface area (Å²) in [7, 11) is 0. The molecule has 0 aliphatic heterocycles. The van der Waals surface area contributed by atoms with Crippen LogP contribution in [0.3, 0.4) is 0 Å². The van der Waals surface area contributed by atoms with Crippen LogP contribution in [0, 0.1) is 0 Å². The van der Waals surface area contributed by atoms with Crippen LogP contribution in [0.15, 0.2) is 28.7 Å². The van der Waals surface area contributed by atoms with Gasteiger partial charge >= 0.3 is 5.97 Å². The lowest BCUT2D eigenvalue weighted by atomic mass is 10.1. The molecule has 0 saturated heterocycles. The third-order valence-corrected chi connectivity index (χ3v) is 3.16. The molecule has 0 radical (unpaired) electrons. The number of aromatic nitrogens is 3. The lowest BCUT2D eigenvalue weighted by Gasteiger charge is -2.04. The van der Waals surface area contributed by atoms with Gasteiger partial charge in [-0.25, -0.2) is 9.31 Å². The second-order valence-electron chi connectivity index (χ2n) is 4.26. The van der Waals surface area contributed by atoms with E-state index in [-0.39, 0.29) is 5.56 Å². The lowest BCUT2D eigenvalue weighted by Crippen LogP contribution is -2.15. The largest absolute Gasteiger partial charge is 0.478 e. The SMILES string of the molecule is O=C(O)C1=C(c2nn3cccc3c(=O)[nH]2)CCC1. The zero-order valence-electron chi connectivity index (χ0n) is 9.51. The Balaban J connectivity index is 2.23. The van der Waals surface area contributed by atoms with Gasteiger partial charge in [0.2, 0.25) is 0 Å². The molecular formula is C12H11N3O3. The third-order valence-electron chi connectivity index (χ3n) is 3.16. The third kappa shape index (κ3) is 1.54. The minimum atomic E-state index is -0.933. The highest BCUT2D eigenvalue weighted by atomic mass is 16.4. The summed E-state index contributed by atoms with van der Waals surface area (Å²) < 4.78 is 1.47. The first kappa shape index (κ1) is 10.8. The number of carboxylic acids is 1. The number of aromatic amines is 1. The monoisotopic (exact) mass is 245 g/mol. The zero-order valence-corrected chi connectivity index (χ0v) is 9.51. The molecule has 6 nitrogen and oxygen atoms in total. The van der Waals surface area contributed by atoms with Crippen molar-refractivity contribution in [3.05, 3.63) is 40.1 Å². The lowest BCUT2D eigenvalue weighted by molar-refractivity contribution is -0.132. The summed E-state index contributed by atoms with van der Waals surface area (Å²) in [5.74, 6) is -0.573. The standard InChI is InChI=1S/C12H11N3O3/c16-11-9-5-2-6-15(9)14-10(13-11)7-3-1-4-8(7)12(17)18/h2,5-6H,1,3-4H2,(H,17,18)(H,13,14,16). The average Bonchev–Trinajstić information content (AvgIpc) is 2.97. The number of fused-ring (bicyclic) bond motifs is 1. The van der Waals surface area contributed by atoms with Gasteiger partial charge < -0.3 is 10.1 Å². The molecule has 1 aliphatic rings. The molecule has 0 bridgehead atoms. The molecular weight excluding hydrogens is 234 g/mol. The van der Waals surface area contributed by atoms with E-state index in [0.717, 1.165) is 6.42 Å². The number of hydrogen-bond acceptors (Lipinski definition) is 3.